The van der Waals surface area contributed by atoms with Crippen LogP contribution >= 0.6 is 27.5 Å². The van der Waals surface area contributed by atoms with Crippen molar-refractivity contribution in [1.82, 2.24) is 0 Å². The summed E-state index contributed by atoms with van der Waals surface area (Å²) in [5, 5.41) is 21.6. The number of carbonyl (C=O) groups excluding carboxylic acids is 1. The van der Waals surface area contributed by atoms with Crippen LogP contribution in [-0.4, -0.2) is 16.1 Å². The Kier molecular flexibility index (Phi) is 3.97. The molecule has 98 valence electrons. The molecule has 0 aliphatic carbocycles. The van der Waals surface area contributed by atoms with E-state index in [-0.39, 0.29) is 16.5 Å². The fourth-order valence-electron chi connectivity index (χ4n) is 1.45. The van der Waals surface area contributed by atoms with Crippen LogP contribution in [0.2, 0.25) is 5.02 Å². The van der Waals surface area contributed by atoms with Gasteiger partial charge in [0, 0.05) is 11.6 Å². The number of amides is 1. The van der Waals surface area contributed by atoms with Gasteiger partial charge in [0.25, 0.3) is 5.91 Å². The topological polar surface area (TPSA) is 69.6 Å². The number of benzene rings is 2. The average molecular weight is 343 g/mol. The second-order valence-electron chi connectivity index (χ2n) is 3.78. The van der Waals surface area contributed by atoms with E-state index in [1.165, 1.54) is 24.3 Å². The van der Waals surface area contributed by atoms with Crippen molar-refractivity contribution in [2.24, 2.45) is 0 Å². The molecule has 4 nitrogen and oxygen atoms in total. The summed E-state index contributed by atoms with van der Waals surface area (Å²) in [7, 11) is 0. The summed E-state index contributed by atoms with van der Waals surface area (Å²) in [5.41, 5.74) is 0.678. The van der Waals surface area contributed by atoms with Gasteiger partial charge < -0.3 is 15.5 Å². The van der Waals surface area contributed by atoms with Crippen LogP contribution in [0.4, 0.5) is 5.69 Å². The number of phenolic OH excluding ortho intramolecular Hbond substituents is 2. The first-order valence-corrected chi connectivity index (χ1v) is 6.43. The predicted octanol–water partition coefficient (Wildman–Crippen LogP) is 3.77. The average Bonchev–Trinajstić information content (AvgIpc) is 2.36. The van der Waals surface area contributed by atoms with Crippen LogP contribution in [0.1, 0.15) is 10.4 Å². The number of rotatable bonds is 2. The molecule has 0 bridgehead atoms. The fourth-order valence-corrected chi connectivity index (χ4v) is 1.92. The van der Waals surface area contributed by atoms with Gasteiger partial charge in [-0.25, -0.2) is 0 Å². The summed E-state index contributed by atoms with van der Waals surface area (Å²) in [6.45, 7) is 0. The van der Waals surface area contributed by atoms with E-state index in [1.807, 2.05) is 0 Å². The fraction of sp³-hybridized carbons (Fsp3) is 0. The molecule has 0 aliphatic heterocycles. The molecule has 0 saturated carbocycles. The summed E-state index contributed by atoms with van der Waals surface area (Å²) in [4.78, 5) is 12.0. The molecule has 0 saturated heterocycles. The van der Waals surface area contributed by atoms with Crippen molar-refractivity contribution in [2.45, 2.75) is 0 Å². The smallest absolute Gasteiger partial charge is 0.255 e. The van der Waals surface area contributed by atoms with E-state index in [9.17, 15) is 15.0 Å². The van der Waals surface area contributed by atoms with Crippen molar-refractivity contribution in [3.05, 3.63) is 51.5 Å². The van der Waals surface area contributed by atoms with Crippen LogP contribution in [0.25, 0.3) is 0 Å². The number of hydrogen-bond acceptors (Lipinski definition) is 3. The molecule has 19 heavy (non-hydrogen) atoms. The van der Waals surface area contributed by atoms with Crippen molar-refractivity contribution in [3.63, 3.8) is 0 Å². The summed E-state index contributed by atoms with van der Waals surface area (Å²) in [5.74, 6) is -0.413. The van der Waals surface area contributed by atoms with Gasteiger partial charge in [0.15, 0.2) is 0 Å². The summed E-state index contributed by atoms with van der Waals surface area (Å²) in [6.07, 6.45) is 0. The van der Waals surface area contributed by atoms with Crippen molar-refractivity contribution >= 4 is 39.1 Å². The lowest BCUT2D eigenvalue weighted by atomic mass is 10.2. The molecule has 2 aromatic carbocycles. The lowest BCUT2D eigenvalue weighted by Gasteiger charge is -2.08. The van der Waals surface area contributed by atoms with E-state index >= 15 is 0 Å². The van der Waals surface area contributed by atoms with E-state index < -0.39 is 5.91 Å². The number of phenols is 2. The Morgan fingerprint density at radius 2 is 1.89 bits per heavy atom. The third-order valence-corrected chi connectivity index (χ3v) is 3.39. The number of nitrogens with one attached hydrogen (secondary N) is 1. The lowest BCUT2D eigenvalue weighted by molar-refractivity contribution is 0.102. The summed E-state index contributed by atoms with van der Waals surface area (Å²) >= 11 is 9.02. The Hall–Kier alpha value is -1.72. The van der Waals surface area contributed by atoms with Crippen LogP contribution < -0.4 is 5.32 Å². The predicted molar refractivity (Wildman–Crippen MR) is 76.9 cm³/mol. The SMILES string of the molecule is O=C(Nc1ccc(O)cc1Cl)c1ccc(Br)c(O)c1. The highest BCUT2D eigenvalue weighted by Gasteiger charge is 2.10. The van der Waals surface area contributed by atoms with Crippen molar-refractivity contribution in [1.29, 1.82) is 0 Å². The normalized spacial score (nSPS) is 10.2. The van der Waals surface area contributed by atoms with Crippen LogP contribution in [-0.2, 0) is 0 Å². The molecule has 0 radical (unpaired) electrons. The monoisotopic (exact) mass is 341 g/mol. The first-order valence-electron chi connectivity index (χ1n) is 5.26. The van der Waals surface area contributed by atoms with Gasteiger partial charge >= 0.3 is 0 Å². The zero-order valence-corrected chi connectivity index (χ0v) is 11.9. The Morgan fingerprint density at radius 3 is 2.53 bits per heavy atom. The number of hydrogen-bond donors (Lipinski definition) is 3. The number of carbonyl (C=O) groups is 1. The molecule has 1 amide bonds. The molecule has 0 atom stereocenters. The Labute approximate surface area is 122 Å². The van der Waals surface area contributed by atoms with Gasteiger partial charge in [-0.3, -0.25) is 4.79 Å². The van der Waals surface area contributed by atoms with E-state index in [4.69, 9.17) is 11.6 Å². The highest BCUT2D eigenvalue weighted by atomic mass is 79.9. The highest BCUT2D eigenvalue weighted by molar-refractivity contribution is 9.10. The number of aromatic hydroxyl groups is 2. The Bertz CT molecular complexity index is 646. The molecule has 0 aromatic heterocycles. The van der Waals surface area contributed by atoms with E-state index in [0.29, 0.717) is 15.7 Å². The van der Waals surface area contributed by atoms with Crippen molar-refractivity contribution in [2.75, 3.05) is 5.32 Å². The molecule has 0 fully saturated rings. The standard InChI is InChI=1S/C13H9BrClNO3/c14-9-3-1-7(5-12(9)18)13(19)16-11-4-2-8(17)6-10(11)15/h1-6,17-18H,(H,16,19). The van der Waals surface area contributed by atoms with E-state index in [1.54, 1.807) is 12.1 Å². The van der Waals surface area contributed by atoms with Gasteiger partial charge in [-0.2, -0.15) is 0 Å². The molecule has 2 rings (SSSR count). The second kappa shape index (κ2) is 5.50. The van der Waals surface area contributed by atoms with Crippen LogP contribution in [0.5, 0.6) is 11.5 Å². The van der Waals surface area contributed by atoms with Gasteiger partial charge in [0.1, 0.15) is 11.5 Å². The zero-order valence-electron chi connectivity index (χ0n) is 9.52. The quantitative estimate of drug-likeness (QED) is 0.728. The van der Waals surface area contributed by atoms with Gasteiger partial charge in [-0.1, -0.05) is 11.6 Å². The lowest BCUT2D eigenvalue weighted by Crippen LogP contribution is -2.12. The molecule has 0 unspecified atom stereocenters. The Morgan fingerprint density at radius 1 is 1.16 bits per heavy atom. The minimum atomic E-state index is -0.407. The molecule has 6 heteroatoms. The third kappa shape index (κ3) is 3.19. The zero-order chi connectivity index (χ0) is 14.0. The van der Waals surface area contributed by atoms with E-state index in [2.05, 4.69) is 21.2 Å². The second-order valence-corrected chi connectivity index (χ2v) is 5.05. The van der Waals surface area contributed by atoms with Gasteiger partial charge in [0.2, 0.25) is 0 Å². The molecular weight excluding hydrogens is 334 g/mol. The van der Waals surface area contributed by atoms with Crippen molar-refractivity contribution < 1.29 is 15.0 Å². The van der Waals surface area contributed by atoms with Crippen LogP contribution in [0.3, 0.4) is 0 Å². The maximum atomic E-state index is 12.0. The van der Waals surface area contributed by atoms with Gasteiger partial charge in [-0.15, -0.1) is 0 Å². The Balaban J connectivity index is 2.23. The summed E-state index contributed by atoms with van der Waals surface area (Å²) in [6, 6.07) is 8.72. The molecule has 0 spiro atoms. The molecule has 0 heterocycles. The minimum absolute atomic E-state index is 0.0179. The molecular formula is C13H9BrClNO3. The highest BCUT2D eigenvalue weighted by Crippen LogP contribution is 2.28. The van der Waals surface area contributed by atoms with Crippen LogP contribution in [0, 0.1) is 0 Å². The first-order chi connectivity index (χ1) is 8.97. The molecule has 0 aliphatic rings. The maximum absolute atomic E-state index is 12.0. The van der Waals surface area contributed by atoms with E-state index in [0.717, 1.165) is 0 Å². The largest absolute Gasteiger partial charge is 0.508 e. The molecule has 3 N–H and O–H groups in total. The maximum Gasteiger partial charge on any atom is 0.255 e. The summed E-state index contributed by atoms with van der Waals surface area (Å²) < 4.78 is 0.506. The number of anilines is 1. The molecule has 2 aromatic rings. The van der Waals surface area contributed by atoms with Gasteiger partial charge in [0.05, 0.1) is 15.2 Å². The van der Waals surface area contributed by atoms with Crippen molar-refractivity contribution in [3.8, 4) is 11.5 Å². The van der Waals surface area contributed by atoms with Gasteiger partial charge in [-0.05, 0) is 46.3 Å². The van der Waals surface area contributed by atoms with Crippen LogP contribution in [0.15, 0.2) is 40.9 Å². The number of halogens is 2. The first kappa shape index (κ1) is 13.7. The minimum Gasteiger partial charge on any atom is -0.508 e. The third-order valence-electron chi connectivity index (χ3n) is 2.41.